The molecule has 7 heteroatoms. The van der Waals surface area contributed by atoms with Crippen molar-refractivity contribution in [2.45, 2.75) is 38.1 Å². The van der Waals surface area contributed by atoms with E-state index < -0.39 is 5.25 Å². The number of hydrogen-bond acceptors (Lipinski definition) is 6. The molecule has 134 valence electrons. The van der Waals surface area contributed by atoms with Crippen LogP contribution in [0.25, 0.3) is 0 Å². The number of nitrogens with one attached hydrogen (secondary N) is 1. The van der Waals surface area contributed by atoms with Crippen molar-refractivity contribution in [2.24, 2.45) is 0 Å². The van der Waals surface area contributed by atoms with E-state index in [0.29, 0.717) is 16.7 Å². The molecule has 0 aliphatic carbocycles. The highest BCUT2D eigenvalue weighted by Crippen LogP contribution is 2.35. The Labute approximate surface area is 156 Å². The molecule has 3 rings (SSSR count). The Kier molecular flexibility index (Phi) is 5.37. The Balaban J connectivity index is 1.90. The molecule has 0 aliphatic rings. The summed E-state index contributed by atoms with van der Waals surface area (Å²) in [5.41, 5.74) is 3.77. The van der Waals surface area contributed by atoms with E-state index in [1.165, 1.54) is 11.8 Å². The van der Waals surface area contributed by atoms with Gasteiger partial charge in [-0.1, -0.05) is 47.3 Å². The number of benzene rings is 1. The number of carbonyl (C=O) groups is 1. The van der Waals surface area contributed by atoms with E-state index in [0.717, 1.165) is 22.5 Å². The molecule has 0 saturated heterocycles. The Bertz CT molecular complexity index is 901. The van der Waals surface area contributed by atoms with Crippen molar-refractivity contribution >= 4 is 23.5 Å². The minimum atomic E-state index is -0.505. The molecule has 3 aromatic rings. The SMILES string of the molecule is Cc1cc(NC(=O)[C@H](Sc2nc(C)c(C)c(C)n2)c2ccccc2)no1. The van der Waals surface area contributed by atoms with Crippen LogP contribution in [0.4, 0.5) is 5.82 Å². The van der Waals surface area contributed by atoms with Gasteiger partial charge < -0.3 is 9.84 Å². The minimum Gasteiger partial charge on any atom is -0.360 e. The van der Waals surface area contributed by atoms with Gasteiger partial charge in [0, 0.05) is 17.5 Å². The average Bonchev–Trinajstić information content (AvgIpc) is 3.03. The van der Waals surface area contributed by atoms with E-state index >= 15 is 0 Å². The number of rotatable bonds is 5. The van der Waals surface area contributed by atoms with Gasteiger partial charge in [-0.3, -0.25) is 4.79 Å². The molecule has 0 fully saturated rings. The molecule has 0 radical (unpaired) electrons. The zero-order valence-electron chi connectivity index (χ0n) is 15.1. The van der Waals surface area contributed by atoms with Gasteiger partial charge >= 0.3 is 0 Å². The summed E-state index contributed by atoms with van der Waals surface area (Å²) in [6.07, 6.45) is 0. The van der Waals surface area contributed by atoms with Crippen molar-refractivity contribution < 1.29 is 9.32 Å². The van der Waals surface area contributed by atoms with Crippen LogP contribution in [-0.2, 0) is 4.79 Å². The standard InChI is InChI=1S/C19H20N4O2S/c1-11-10-16(23-25-11)22-18(24)17(15-8-6-5-7-9-15)26-19-20-13(3)12(2)14(4)21-19/h5-10,17H,1-4H3,(H,22,23,24)/t17-/m1/s1. The number of carbonyl (C=O) groups excluding carboxylic acids is 1. The summed E-state index contributed by atoms with van der Waals surface area (Å²) >= 11 is 1.32. The summed E-state index contributed by atoms with van der Waals surface area (Å²) in [7, 11) is 0. The van der Waals surface area contributed by atoms with Gasteiger partial charge in [0.15, 0.2) is 11.0 Å². The summed E-state index contributed by atoms with van der Waals surface area (Å²) in [4.78, 5) is 22.0. The number of thioether (sulfide) groups is 1. The van der Waals surface area contributed by atoms with E-state index in [-0.39, 0.29) is 5.91 Å². The van der Waals surface area contributed by atoms with Gasteiger partial charge in [0.2, 0.25) is 5.91 Å². The Morgan fingerprint density at radius 2 is 1.73 bits per heavy atom. The van der Waals surface area contributed by atoms with Crippen LogP contribution in [0.2, 0.25) is 0 Å². The molecule has 0 saturated carbocycles. The van der Waals surface area contributed by atoms with Crippen LogP contribution < -0.4 is 5.32 Å². The lowest BCUT2D eigenvalue weighted by Gasteiger charge is -2.16. The van der Waals surface area contributed by atoms with Crippen molar-refractivity contribution in [1.29, 1.82) is 0 Å². The van der Waals surface area contributed by atoms with Crippen molar-refractivity contribution in [1.82, 2.24) is 15.1 Å². The highest BCUT2D eigenvalue weighted by Gasteiger charge is 2.24. The van der Waals surface area contributed by atoms with Crippen LogP contribution >= 0.6 is 11.8 Å². The molecule has 1 atom stereocenters. The quantitative estimate of drug-likeness (QED) is 0.538. The maximum Gasteiger partial charge on any atom is 0.243 e. The number of anilines is 1. The zero-order valence-corrected chi connectivity index (χ0v) is 15.9. The van der Waals surface area contributed by atoms with Gasteiger partial charge in [0.1, 0.15) is 11.0 Å². The Morgan fingerprint density at radius 1 is 1.08 bits per heavy atom. The van der Waals surface area contributed by atoms with Crippen LogP contribution in [0.15, 0.2) is 46.1 Å². The summed E-state index contributed by atoms with van der Waals surface area (Å²) in [6, 6.07) is 11.2. The smallest absolute Gasteiger partial charge is 0.243 e. The summed E-state index contributed by atoms with van der Waals surface area (Å²) < 4.78 is 5.02. The van der Waals surface area contributed by atoms with Crippen molar-refractivity contribution in [2.75, 3.05) is 5.32 Å². The summed E-state index contributed by atoms with van der Waals surface area (Å²) in [6.45, 7) is 7.67. The van der Waals surface area contributed by atoms with E-state index in [1.54, 1.807) is 13.0 Å². The zero-order chi connectivity index (χ0) is 18.7. The largest absolute Gasteiger partial charge is 0.360 e. The lowest BCUT2D eigenvalue weighted by molar-refractivity contribution is -0.115. The monoisotopic (exact) mass is 368 g/mol. The van der Waals surface area contributed by atoms with Crippen LogP contribution in [0.3, 0.4) is 0 Å². The van der Waals surface area contributed by atoms with E-state index in [9.17, 15) is 4.79 Å². The van der Waals surface area contributed by atoms with Gasteiger partial charge in [-0.05, 0) is 38.8 Å². The third kappa shape index (κ3) is 4.11. The van der Waals surface area contributed by atoms with Gasteiger partial charge in [-0.2, -0.15) is 0 Å². The fourth-order valence-corrected chi connectivity index (χ4v) is 3.47. The number of amides is 1. The van der Waals surface area contributed by atoms with Gasteiger partial charge in [-0.25, -0.2) is 9.97 Å². The second kappa shape index (κ2) is 7.70. The Morgan fingerprint density at radius 3 is 2.31 bits per heavy atom. The van der Waals surface area contributed by atoms with E-state index in [1.807, 2.05) is 51.1 Å². The molecule has 0 spiro atoms. The molecule has 0 bridgehead atoms. The maximum atomic E-state index is 12.9. The highest BCUT2D eigenvalue weighted by molar-refractivity contribution is 8.00. The fraction of sp³-hybridized carbons (Fsp3) is 0.263. The van der Waals surface area contributed by atoms with Gasteiger partial charge in [-0.15, -0.1) is 0 Å². The molecule has 6 nitrogen and oxygen atoms in total. The van der Waals surface area contributed by atoms with E-state index in [2.05, 4.69) is 20.4 Å². The van der Waals surface area contributed by atoms with E-state index in [4.69, 9.17) is 4.52 Å². The molecule has 1 N–H and O–H groups in total. The number of aryl methyl sites for hydroxylation is 3. The number of nitrogens with zero attached hydrogens (tertiary/aromatic N) is 3. The molecule has 2 heterocycles. The normalized spacial score (nSPS) is 12.0. The van der Waals surface area contributed by atoms with Crippen molar-refractivity contribution in [3.05, 3.63) is 64.7 Å². The van der Waals surface area contributed by atoms with Crippen LogP contribution in [-0.4, -0.2) is 21.0 Å². The lowest BCUT2D eigenvalue weighted by Crippen LogP contribution is -2.19. The second-order valence-electron chi connectivity index (χ2n) is 6.02. The van der Waals surface area contributed by atoms with Gasteiger partial charge in [0.05, 0.1) is 0 Å². The third-order valence-electron chi connectivity index (χ3n) is 4.06. The van der Waals surface area contributed by atoms with Crippen molar-refractivity contribution in [3.63, 3.8) is 0 Å². The molecule has 26 heavy (non-hydrogen) atoms. The molecular formula is C19H20N4O2S. The summed E-state index contributed by atoms with van der Waals surface area (Å²) in [5, 5.41) is 6.70. The first-order chi connectivity index (χ1) is 12.4. The van der Waals surface area contributed by atoms with Crippen LogP contribution in [0.5, 0.6) is 0 Å². The molecular weight excluding hydrogens is 348 g/mol. The predicted molar refractivity (Wildman–Crippen MR) is 101 cm³/mol. The molecule has 1 aromatic carbocycles. The first-order valence-electron chi connectivity index (χ1n) is 8.21. The molecule has 0 unspecified atom stereocenters. The first kappa shape index (κ1) is 18.1. The number of hydrogen-bond donors (Lipinski definition) is 1. The molecule has 2 aromatic heterocycles. The third-order valence-corrected chi connectivity index (χ3v) is 5.17. The summed E-state index contributed by atoms with van der Waals surface area (Å²) in [5.74, 6) is 0.831. The minimum absolute atomic E-state index is 0.200. The maximum absolute atomic E-state index is 12.9. The topological polar surface area (TPSA) is 80.9 Å². The molecule has 1 amide bonds. The number of aromatic nitrogens is 3. The average molecular weight is 368 g/mol. The highest BCUT2D eigenvalue weighted by atomic mass is 32.2. The second-order valence-corrected chi connectivity index (χ2v) is 7.09. The Hall–Kier alpha value is -2.67. The fourth-order valence-electron chi connectivity index (χ4n) is 2.42. The predicted octanol–water partition coefficient (Wildman–Crippen LogP) is 4.17. The van der Waals surface area contributed by atoms with Crippen molar-refractivity contribution in [3.8, 4) is 0 Å². The first-order valence-corrected chi connectivity index (χ1v) is 9.09. The van der Waals surface area contributed by atoms with Crippen LogP contribution in [0, 0.1) is 27.7 Å². The van der Waals surface area contributed by atoms with Gasteiger partial charge in [0.25, 0.3) is 0 Å². The molecule has 0 aliphatic heterocycles. The lowest BCUT2D eigenvalue weighted by atomic mass is 10.1. The van der Waals surface area contributed by atoms with Crippen LogP contribution in [0.1, 0.15) is 33.5 Å².